The van der Waals surface area contributed by atoms with Crippen LogP contribution in [0.1, 0.15) is 19.3 Å². The van der Waals surface area contributed by atoms with Crippen LogP contribution in [0.15, 0.2) is 0 Å². The van der Waals surface area contributed by atoms with Gasteiger partial charge >= 0.3 is 0 Å². The highest BCUT2D eigenvalue weighted by Gasteiger charge is 1.97. The van der Waals surface area contributed by atoms with Crippen LogP contribution in [0.5, 0.6) is 0 Å². The first-order valence-electron chi connectivity index (χ1n) is 4.27. The quantitative estimate of drug-likeness (QED) is 0.578. The van der Waals surface area contributed by atoms with Crippen LogP contribution in [0.4, 0.5) is 0 Å². The van der Waals surface area contributed by atoms with E-state index in [4.69, 9.17) is 5.73 Å². The lowest BCUT2D eigenvalue weighted by Crippen LogP contribution is -2.25. The lowest BCUT2D eigenvalue weighted by Gasteiger charge is -2.02. The zero-order valence-electron chi connectivity index (χ0n) is 7.64. The Bertz CT molecular complexity index is 120. The lowest BCUT2D eigenvalue weighted by atomic mass is 10.3. The fraction of sp³-hybridized carbons (Fsp3) is 0.875. The zero-order chi connectivity index (χ0) is 9.23. The van der Waals surface area contributed by atoms with Crippen LogP contribution < -0.4 is 11.1 Å². The van der Waals surface area contributed by atoms with Crippen molar-refractivity contribution in [1.82, 2.24) is 5.32 Å². The fourth-order valence-electron chi connectivity index (χ4n) is 0.780. The van der Waals surface area contributed by atoms with Crippen LogP contribution >= 0.6 is 11.8 Å². The molecule has 12 heavy (non-hydrogen) atoms. The van der Waals surface area contributed by atoms with Gasteiger partial charge in [0, 0.05) is 18.7 Å². The second kappa shape index (κ2) is 8.87. The van der Waals surface area contributed by atoms with Gasteiger partial charge in [-0.05, 0) is 25.6 Å². The maximum Gasteiger partial charge on any atom is 0.220 e. The molecule has 0 heterocycles. The van der Waals surface area contributed by atoms with E-state index >= 15 is 0 Å². The summed E-state index contributed by atoms with van der Waals surface area (Å²) in [7, 11) is 0. The van der Waals surface area contributed by atoms with Crippen LogP contribution in [0, 0.1) is 0 Å². The molecule has 0 aliphatic carbocycles. The van der Waals surface area contributed by atoms with Gasteiger partial charge in [0.05, 0.1) is 0 Å². The van der Waals surface area contributed by atoms with E-state index in [1.165, 1.54) is 0 Å². The number of nitrogens with one attached hydrogen (secondary N) is 1. The molecule has 0 bridgehead atoms. The Morgan fingerprint density at radius 2 is 2.25 bits per heavy atom. The number of carbonyl (C=O) groups is 1. The third-order valence-electron chi connectivity index (χ3n) is 1.49. The maximum absolute atomic E-state index is 11.0. The molecule has 0 fully saturated rings. The van der Waals surface area contributed by atoms with Gasteiger partial charge in [0.15, 0.2) is 0 Å². The van der Waals surface area contributed by atoms with Crippen molar-refractivity contribution >= 4 is 17.7 Å². The average molecular weight is 190 g/mol. The highest BCUT2D eigenvalue weighted by atomic mass is 32.2. The molecule has 0 spiro atoms. The van der Waals surface area contributed by atoms with E-state index in [1.807, 2.05) is 6.26 Å². The van der Waals surface area contributed by atoms with Gasteiger partial charge in [-0.25, -0.2) is 0 Å². The van der Waals surface area contributed by atoms with Crippen LogP contribution in [-0.2, 0) is 4.79 Å². The first-order chi connectivity index (χ1) is 5.81. The minimum absolute atomic E-state index is 0.154. The van der Waals surface area contributed by atoms with Crippen LogP contribution in [-0.4, -0.2) is 31.0 Å². The molecule has 1 amide bonds. The highest BCUT2D eigenvalue weighted by molar-refractivity contribution is 7.98. The highest BCUT2D eigenvalue weighted by Crippen LogP contribution is 1.94. The number of hydrogen-bond acceptors (Lipinski definition) is 3. The predicted molar refractivity (Wildman–Crippen MR) is 54.3 cm³/mol. The van der Waals surface area contributed by atoms with E-state index in [0.29, 0.717) is 13.0 Å². The smallest absolute Gasteiger partial charge is 0.220 e. The van der Waals surface area contributed by atoms with Crippen molar-refractivity contribution < 1.29 is 4.79 Å². The molecule has 3 N–H and O–H groups in total. The first-order valence-corrected chi connectivity index (χ1v) is 5.66. The summed E-state index contributed by atoms with van der Waals surface area (Å²) in [4.78, 5) is 11.0. The van der Waals surface area contributed by atoms with Crippen LogP contribution in [0.25, 0.3) is 0 Å². The van der Waals surface area contributed by atoms with Crippen molar-refractivity contribution in [3.63, 3.8) is 0 Å². The van der Waals surface area contributed by atoms with Gasteiger partial charge in [0.25, 0.3) is 0 Å². The molecule has 72 valence electrons. The van der Waals surface area contributed by atoms with Gasteiger partial charge in [0.2, 0.25) is 5.91 Å². The molecule has 0 saturated carbocycles. The van der Waals surface area contributed by atoms with Crippen molar-refractivity contribution in [2.24, 2.45) is 5.73 Å². The number of nitrogens with two attached hydrogens (primary N) is 1. The minimum atomic E-state index is 0.154. The molecular weight excluding hydrogens is 172 g/mol. The van der Waals surface area contributed by atoms with Gasteiger partial charge in [0.1, 0.15) is 0 Å². The molecule has 0 unspecified atom stereocenters. The third-order valence-corrected chi connectivity index (χ3v) is 2.10. The van der Waals surface area contributed by atoms with E-state index in [1.54, 1.807) is 11.8 Å². The average Bonchev–Trinajstić information content (AvgIpc) is 2.09. The van der Waals surface area contributed by atoms with Crippen molar-refractivity contribution in [3.8, 4) is 0 Å². The summed E-state index contributed by atoms with van der Waals surface area (Å²) < 4.78 is 0. The second-order valence-corrected chi connectivity index (χ2v) is 3.57. The summed E-state index contributed by atoms with van der Waals surface area (Å²) in [6.45, 7) is 1.48. The molecule has 0 atom stereocenters. The Morgan fingerprint density at radius 1 is 1.50 bits per heavy atom. The number of carbonyl (C=O) groups excluding carboxylic acids is 1. The normalized spacial score (nSPS) is 9.83. The molecule has 0 saturated heterocycles. The van der Waals surface area contributed by atoms with Gasteiger partial charge in [-0.3, -0.25) is 4.79 Å². The van der Waals surface area contributed by atoms with Gasteiger partial charge in [-0.1, -0.05) is 0 Å². The second-order valence-electron chi connectivity index (χ2n) is 2.59. The van der Waals surface area contributed by atoms with Crippen molar-refractivity contribution in [3.05, 3.63) is 0 Å². The molecule has 0 rings (SSSR count). The SMILES string of the molecule is CSCCC(=O)NCCCCN. The molecular formula is C8H18N2OS. The predicted octanol–water partition coefficient (Wildman–Crippen LogP) is 0.595. The number of unbranched alkanes of at least 4 members (excludes halogenated alkanes) is 1. The van der Waals surface area contributed by atoms with Crippen LogP contribution in [0.3, 0.4) is 0 Å². The van der Waals surface area contributed by atoms with Crippen molar-refractivity contribution in [2.75, 3.05) is 25.1 Å². The van der Waals surface area contributed by atoms with E-state index < -0.39 is 0 Å². The summed E-state index contributed by atoms with van der Waals surface area (Å²) in [6, 6.07) is 0. The number of amides is 1. The molecule has 0 aliphatic heterocycles. The van der Waals surface area contributed by atoms with Crippen LogP contribution in [0.2, 0.25) is 0 Å². The van der Waals surface area contributed by atoms with E-state index in [9.17, 15) is 4.79 Å². The first kappa shape index (κ1) is 11.8. The van der Waals surface area contributed by atoms with Crippen molar-refractivity contribution in [2.45, 2.75) is 19.3 Å². The van der Waals surface area contributed by atoms with Crippen molar-refractivity contribution in [1.29, 1.82) is 0 Å². The Balaban J connectivity index is 3.08. The van der Waals surface area contributed by atoms with E-state index in [-0.39, 0.29) is 5.91 Å². The summed E-state index contributed by atoms with van der Waals surface area (Å²) in [5, 5.41) is 2.84. The van der Waals surface area contributed by atoms with E-state index in [2.05, 4.69) is 5.32 Å². The van der Waals surface area contributed by atoms with Gasteiger partial charge < -0.3 is 11.1 Å². The monoisotopic (exact) mass is 190 g/mol. The molecule has 0 aromatic carbocycles. The Labute approximate surface area is 78.5 Å². The lowest BCUT2D eigenvalue weighted by molar-refractivity contribution is -0.120. The summed E-state index contributed by atoms with van der Waals surface area (Å²) >= 11 is 1.69. The molecule has 3 nitrogen and oxygen atoms in total. The summed E-state index contributed by atoms with van der Waals surface area (Å²) in [6.07, 6.45) is 4.61. The Hall–Kier alpha value is -0.220. The Morgan fingerprint density at radius 3 is 2.83 bits per heavy atom. The van der Waals surface area contributed by atoms with E-state index in [0.717, 1.165) is 25.1 Å². The Kier molecular flexibility index (Phi) is 8.71. The van der Waals surface area contributed by atoms with Gasteiger partial charge in [-0.2, -0.15) is 11.8 Å². The standard InChI is InChI=1S/C8H18N2OS/c1-12-7-4-8(11)10-6-3-2-5-9/h2-7,9H2,1H3,(H,10,11). The minimum Gasteiger partial charge on any atom is -0.356 e. The summed E-state index contributed by atoms with van der Waals surface area (Å²) in [5.41, 5.74) is 5.31. The maximum atomic E-state index is 11.0. The largest absolute Gasteiger partial charge is 0.356 e. The zero-order valence-corrected chi connectivity index (χ0v) is 8.45. The molecule has 0 aromatic heterocycles. The molecule has 0 aliphatic rings. The third kappa shape index (κ3) is 7.88. The molecule has 4 heteroatoms. The number of thioether (sulfide) groups is 1. The topological polar surface area (TPSA) is 55.1 Å². The summed E-state index contributed by atoms with van der Waals surface area (Å²) in [5.74, 6) is 1.06. The molecule has 0 aromatic rings. The molecule has 0 radical (unpaired) electrons. The fourth-order valence-corrected chi connectivity index (χ4v) is 1.17. The number of hydrogen-bond donors (Lipinski definition) is 2. The number of rotatable bonds is 7. The van der Waals surface area contributed by atoms with Gasteiger partial charge in [-0.15, -0.1) is 0 Å².